The van der Waals surface area contributed by atoms with Gasteiger partial charge in [-0.2, -0.15) is 5.10 Å². The fraction of sp³-hybridized carbons (Fsp3) is 0.250. The minimum Gasteiger partial charge on any atom is -0.460 e. The molecule has 2 atom stereocenters. The van der Waals surface area contributed by atoms with Crippen molar-refractivity contribution in [1.29, 1.82) is 0 Å². The summed E-state index contributed by atoms with van der Waals surface area (Å²) in [7, 11) is 0. The van der Waals surface area contributed by atoms with Gasteiger partial charge >= 0.3 is 0 Å². The lowest BCUT2D eigenvalue weighted by Gasteiger charge is -1.94. The van der Waals surface area contributed by atoms with Crippen LogP contribution in [-0.2, 0) is 0 Å². The Hall–Kier alpha value is -2.36. The SMILES string of the molecule is C[C@@H]1C[C@H]1c1ccc(/C=N\n2cnc3ccccc32)o1. The number of nitrogens with zero attached hydrogens (tertiary/aromatic N) is 3. The van der Waals surface area contributed by atoms with Crippen LogP contribution >= 0.6 is 0 Å². The molecule has 0 aliphatic heterocycles. The number of furan rings is 1. The smallest absolute Gasteiger partial charge is 0.147 e. The average Bonchev–Trinajstić information content (AvgIpc) is 2.92. The number of rotatable bonds is 3. The number of hydrogen-bond acceptors (Lipinski definition) is 3. The molecule has 2 heterocycles. The quantitative estimate of drug-likeness (QED) is 0.679. The third kappa shape index (κ3) is 1.93. The van der Waals surface area contributed by atoms with Crippen LogP contribution in [-0.4, -0.2) is 15.9 Å². The number of fused-ring (bicyclic) bond motifs is 1. The van der Waals surface area contributed by atoms with Gasteiger partial charge in [0, 0.05) is 5.92 Å². The lowest BCUT2D eigenvalue weighted by atomic mass is 10.3. The molecule has 20 heavy (non-hydrogen) atoms. The van der Waals surface area contributed by atoms with Gasteiger partial charge in [-0.05, 0) is 36.6 Å². The Labute approximate surface area is 116 Å². The second kappa shape index (κ2) is 4.34. The van der Waals surface area contributed by atoms with Crippen molar-refractivity contribution >= 4 is 17.2 Å². The molecular formula is C16H15N3O. The first kappa shape index (κ1) is 11.5. The van der Waals surface area contributed by atoms with Crippen LogP contribution in [0.3, 0.4) is 0 Å². The zero-order valence-electron chi connectivity index (χ0n) is 11.2. The van der Waals surface area contributed by atoms with Gasteiger partial charge in [-0.3, -0.25) is 0 Å². The first-order valence-corrected chi connectivity index (χ1v) is 6.87. The Kier molecular flexibility index (Phi) is 2.49. The van der Waals surface area contributed by atoms with E-state index in [4.69, 9.17) is 4.42 Å². The molecule has 1 aromatic carbocycles. The fourth-order valence-corrected chi connectivity index (χ4v) is 2.51. The first-order valence-electron chi connectivity index (χ1n) is 6.87. The first-order chi connectivity index (χ1) is 9.81. The summed E-state index contributed by atoms with van der Waals surface area (Å²) >= 11 is 0. The van der Waals surface area contributed by atoms with E-state index in [9.17, 15) is 0 Å². The van der Waals surface area contributed by atoms with Gasteiger partial charge in [-0.15, -0.1) is 0 Å². The van der Waals surface area contributed by atoms with Gasteiger partial charge in [-0.25, -0.2) is 9.66 Å². The lowest BCUT2D eigenvalue weighted by molar-refractivity contribution is 0.500. The Bertz CT molecular complexity index is 784. The molecule has 1 fully saturated rings. The Morgan fingerprint density at radius 1 is 1.30 bits per heavy atom. The third-order valence-corrected chi connectivity index (χ3v) is 3.87. The molecule has 3 aromatic rings. The summed E-state index contributed by atoms with van der Waals surface area (Å²) in [5, 5.41) is 4.41. The summed E-state index contributed by atoms with van der Waals surface area (Å²) in [5.41, 5.74) is 1.93. The van der Waals surface area contributed by atoms with Gasteiger partial charge in [0.15, 0.2) is 0 Å². The fourth-order valence-electron chi connectivity index (χ4n) is 2.51. The molecule has 1 aliphatic carbocycles. The number of imidazole rings is 1. The number of aromatic nitrogens is 2. The normalized spacial score (nSPS) is 21.9. The van der Waals surface area contributed by atoms with Crippen molar-refractivity contribution in [2.24, 2.45) is 11.0 Å². The number of para-hydroxylation sites is 2. The van der Waals surface area contributed by atoms with Crippen LogP contribution in [0, 0.1) is 5.92 Å². The Morgan fingerprint density at radius 3 is 3.00 bits per heavy atom. The van der Waals surface area contributed by atoms with E-state index in [0.717, 1.165) is 28.5 Å². The van der Waals surface area contributed by atoms with Crippen molar-refractivity contribution in [1.82, 2.24) is 9.66 Å². The second-order valence-corrected chi connectivity index (χ2v) is 5.38. The van der Waals surface area contributed by atoms with Crippen LogP contribution in [0.4, 0.5) is 0 Å². The minimum atomic E-state index is 0.603. The molecule has 1 saturated carbocycles. The molecule has 0 unspecified atom stereocenters. The van der Waals surface area contributed by atoms with E-state index < -0.39 is 0 Å². The summed E-state index contributed by atoms with van der Waals surface area (Å²) in [6.07, 6.45) is 4.69. The van der Waals surface area contributed by atoms with Crippen LogP contribution in [0.2, 0.25) is 0 Å². The summed E-state index contributed by atoms with van der Waals surface area (Å²) in [5.74, 6) is 3.22. The zero-order valence-corrected chi connectivity index (χ0v) is 11.2. The van der Waals surface area contributed by atoms with Crippen molar-refractivity contribution in [3.05, 3.63) is 54.2 Å². The van der Waals surface area contributed by atoms with Gasteiger partial charge in [0.05, 0.1) is 17.2 Å². The maximum Gasteiger partial charge on any atom is 0.147 e. The molecule has 4 rings (SSSR count). The number of benzene rings is 1. The van der Waals surface area contributed by atoms with E-state index in [2.05, 4.69) is 23.1 Å². The maximum absolute atomic E-state index is 5.81. The number of hydrogen-bond donors (Lipinski definition) is 0. The van der Waals surface area contributed by atoms with E-state index >= 15 is 0 Å². The van der Waals surface area contributed by atoms with Gasteiger partial charge < -0.3 is 4.42 Å². The topological polar surface area (TPSA) is 43.3 Å². The molecule has 0 saturated heterocycles. The molecule has 100 valence electrons. The third-order valence-electron chi connectivity index (χ3n) is 3.87. The summed E-state index contributed by atoms with van der Waals surface area (Å²) in [6.45, 7) is 2.25. The maximum atomic E-state index is 5.81. The standard InChI is InChI=1S/C16H15N3O/c1-11-8-13(11)16-7-6-12(20-16)9-18-19-10-17-14-4-2-3-5-15(14)19/h2-7,9-11,13H,8H2,1H3/b18-9-/t11-,13-/m1/s1. The van der Waals surface area contributed by atoms with Crippen LogP contribution < -0.4 is 0 Å². The predicted molar refractivity (Wildman–Crippen MR) is 78.0 cm³/mol. The van der Waals surface area contributed by atoms with Crippen LogP contribution in [0.1, 0.15) is 30.8 Å². The van der Waals surface area contributed by atoms with Crippen molar-refractivity contribution in [3.8, 4) is 0 Å². The minimum absolute atomic E-state index is 0.603. The summed E-state index contributed by atoms with van der Waals surface area (Å²) in [6, 6.07) is 12.0. The molecule has 4 nitrogen and oxygen atoms in total. The molecule has 1 aliphatic rings. The molecule has 0 amide bonds. The largest absolute Gasteiger partial charge is 0.460 e. The molecule has 0 radical (unpaired) electrons. The average molecular weight is 265 g/mol. The van der Waals surface area contributed by atoms with Gasteiger partial charge in [0.2, 0.25) is 0 Å². The molecule has 4 heteroatoms. The second-order valence-electron chi connectivity index (χ2n) is 5.38. The van der Waals surface area contributed by atoms with E-state index in [1.807, 2.05) is 30.3 Å². The summed E-state index contributed by atoms with van der Waals surface area (Å²) in [4.78, 5) is 4.30. The van der Waals surface area contributed by atoms with E-state index in [0.29, 0.717) is 5.92 Å². The zero-order chi connectivity index (χ0) is 13.5. The predicted octanol–water partition coefficient (Wildman–Crippen LogP) is 3.63. The van der Waals surface area contributed by atoms with Crippen LogP contribution in [0.5, 0.6) is 0 Å². The molecule has 2 aromatic heterocycles. The Morgan fingerprint density at radius 2 is 2.15 bits per heavy atom. The highest BCUT2D eigenvalue weighted by atomic mass is 16.3. The van der Waals surface area contributed by atoms with E-state index in [-0.39, 0.29) is 0 Å². The van der Waals surface area contributed by atoms with Gasteiger partial charge in [-0.1, -0.05) is 19.1 Å². The van der Waals surface area contributed by atoms with Crippen molar-refractivity contribution in [2.45, 2.75) is 19.3 Å². The lowest BCUT2D eigenvalue weighted by Crippen LogP contribution is -1.87. The highest BCUT2D eigenvalue weighted by Gasteiger charge is 2.36. The van der Waals surface area contributed by atoms with Crippen LogP contribution in [0.25, 0.3) is 11.0 Å². The van der Waals surface area contributed by atoms with Crippen molar-refractivity contribution < 1.29 is 4.42 Å². The van der Waals surface area contributed by atoms with Crippen molar-refractivity contribution in [2.75, 3.05) is 0 Å². The monoisotopic (exact) mass is 265 g/mol. The molecule has 0 bridgehead atoms. The van der Waals surface area contributed by atoms with Gasteiger partial charge in [0.1, 0.15) is 17.8 Å². The van der Waals surface area contributed by atoms with E-state index in [1.165, 1.54) is 6.42 Å². The highest BCUT2D eigenvalue weighted by molar-refractivity contribution is 5.78. The van der Waals surface area contributed by atoms with Gasteiger partial charge in [0.25, 0.3) is 0 Å². The van der Waals surface area contributed by atoms with E-state index in [1.54, 1.807) is 17.2 Å². The Balaban J connectivity index is 1.60. The summed E-state index contributed by atoms with van der Waals surface area (Å²) < 4.78 is 7.57. The molecule has 0 N–H and O–H groups in total. The van der Waals surface area contributed by atoms with Crippen LogP contribution in [0.15, 0.2) is 52.2 Å². The molecule has 0 spiro atoms. The molecular weight excluding hydrogens is 250 g/mol. The van der Waals surface area contributed by atoms with Crippen molar-refractivity contribution in [3.63, 3.8) is 0 Å². The highest BCUT2D eigenvalue weighted by Crippen LogP contribution is 2.47.